The fourth-order valence-corrected chi connectivity index (χ4v) is 1.69. The normalized spacial score (nSPS) is 12.7. The second-order valence-corrected chi connectivity index (χ2v) is 3.59. The summed E-state index contributed by atoms with van der Waals surface area (Å²) in [5.74, 6) is -1.65. The van der Waals surface area contributed by atoms with Crippen molar-refractivity contribution < 1.29 is 31.1 Å². The summed E-state index contributed by atoms with van der Waals surface area (Å²) >= 11 is 10.6. The van der Waals surface area contributed by atoms with Crippen LogP contribution in [0.15, 0.2) is 6.20 Å². The Kier molecular flexibility index (Phi) is 4.22. The predicted molar refractivity (Wildman–Crippen MR) is 50.5 cm³/mol. The maximum atomic E-state index is 12.4. The molecule has 0 N–H and O–H groups in total. The molecule has 0 unspecified atom stereocenters. The molecule has 18 heavy (non-hydrogen) atoms. The van der Waals surface area contributed by atoms with E-state index in [4.69, 9.17) is 23.2 Å². The van der Waals surface area contributed by atoms with Crippen molar-refractivity contribution in [2.75, 3.05) is 0 Å². The van der Waals surface area contributed by atoms with Crippen LogP contribution in [0.2, 0.25) is 5.02 Å². The Labute approximate surface area is 106 Å². The highest BCUT2D eigenvalue weighted by Gasteiger charge is 2.38. The fraction of sp³-hybridized carbons (Fsp3) is 0.375. The molecule has 0 radical (unpaired) electrons. The van der Waals surface area contributed by atoms with E-state index in [1.165, 1.54) is 0 Å². The van der Waals surface area contributed by atoms with Gasteiger partial charge in [-0.2, -0.15) is 13.2 Å². The molecule has 0 aliphatic rings. The van der Waals surface area contributed by atoms with Crippen LogP contribution in [0.25, 0.3) is 0 Å². The first-order chi connectivity index (χ1) is 8.06. The molecule has 0 saturated carbocycles. The van der Waals surface area contributed by atoms with E-state index in [1.807, 2.05) is 0 Å². The van der Waals surface area contributed by atoms with Crippen LogP contribution in [0, 0.1) is 0 Å². The molecule has 10 heteroatoms. The fourth-order valence-electron chi connectivity index (χ4n) is 1.04. The van der Waals surface area contributed by atoms with Crippen LogP contribution in [0.1, 0.15) is 11.3 Å². The summed E-state index contributed by atoms with van der Waals surface area (Å²) < 4.78 is 76.5. The van der Waals surface area contributed by atoms with Crippen LogP contribution in [0.5, 0.6) is 5.75 Å². The van der Waals surface area contributed by atoms with Crippen LogP contribution in [-0.4, -0.2) is 11.3 Å². The highest BCUT2D eigenvalue weighted by atomic mass is 35.5. The Morgan fingerprint density at radius 3 is 2.11 bits per heavy atom. The van der Waals surface area contributed by atoms with Crippen LogP contribution < -0.4 is 4.74 Å². The summed E-state index contributed by atoms with van der Waals surface area (Å²) in [7, 11) is 0. The summed E-state index contributed by atoms with van der Waals surface area (Å²) in [6.07, 6.45) is -9.69. The lowest BCUT2D eigenvalue weighted by Crippen LogP contribution is -2.19. The average molecular weight is 314 g/mol. The Bertz CT molecular complexity index is 444. The first kappa shape index (κ1) is 15.2. The quantitative estimate of drug-likeness (QED) is 0.596. The third-order valence-electron chi connectivity index (χ3n) is 1.71. The average Bonchev–Trinajstić information content (AvgIpc) is 2.13. The standard InChI is InChI=1S/C8H3Cl2F6NO/c9-1-3-4(18-8(14,15)16)2-17-6(5(3)10)7(11,12)13/h2H,1H2. The van der Waals surface area contributed by atoms with Gasteiger partial charge in [0.15, 0.2) is 11.4 Å². The maximum Gasteiger partial charge on any atom is 0.573 e. The van der Waals surface area contributed by atoms with Crippen molar-refractivity contribution in [2.45, 2.75) is 18.4 Å². The van der Waals surface area contributed by atoms with Gasteiger partial charge < -0.3 is 4.74 Å². The van der Waals surface area contributed by atoms with Crippen molar-refractivity contribution in [3.05, 3.63) is 22.5 Å². The molecule has 0 aliphatic heterocycles. The van der Waals surface area contributed by atoms with E-state index < -0.39 is 40.4 Å². The van der Waals surface area contributed by atoms with Crippen LogP contribution >= 0.6 is 23.2 Å². The second kappa shape index (κ2) is 5.00. The molecule has 0 amide bonds. The first-order valence-electron chi connectivity index (χ1n) is 4.12. The third kappa shape index (κ3) is 3.55. The lowest BCUT2D eigenvalue weighted by Gasteiger charge is -2.15. The minimum atomic E-state index is -5.08. The van der Waals surface area contributed by atoms with Gasteiger partial charge in [0.2, 0.25) is 0 Å². The number of hydrogen-bond acceptors (Lipinski definition) is 2. The van der Waals surface area contributed by atoms with Gasteiger partial charge >= 0.3 is 12.5 Å². The molecule has 1 heterocycles. The van der Waals surface area contributed by atoms with E-state index in [0.29, 0.717) is 0 Å². The molecule has 0 bridgehead atoms. The minimum Gasteiger partial charge on any atom is -0.404 e. The maximum absolute atomic E-state index is 12.4. The van der Waals surface area contributed by atoms with Crippen molar-refractivity contribution in [1.82, 2.24) is 4.98 Å². The van der Waals surface area contributed by atoms with E-state index in [9.17, 15) is 26.3 Å². The van der Waals surface area contributed by atoms with Gasteiger partial charge in [-0.15, -0.1) is 24.8 Å². The number of hydrogen-bond donors (Lipinski definition) is 0. The monoisotopic (exact) mass is 313 g/mol. The lowest BCUT2D eigenvalue weighted by atomic mass is 10.2. The summed E-state index contributed by atoms with van der Waals surface area (Å²) in [4.78, 5) is 2.80. The van der Waals surface area contributed by atoms with Gasteiger partial charge in [-0.3, -0.25) is 0 Å². The predicted octanol–water partition coefficient (Wildman–Crippen LogP) is 4.39. The van der Waals surface area contributed by atoms with E-state index in [1.54, 1.807) is 0 Å². The summed E-state index contributed by atoms with van der Waals surface area (Å²) in [5.41, 5.74) is -2.15. The summed E-state index contributed by atoms with van der Waals surface area (Å²) in [6, 6.07) is 0. The van der Waals surface area contributed by atoms with E-state index in [2.05, 4.69) is 9.72 Å². The van der Waals surface area contributed by atoms with Crippen molar-refractivity contribution >= 4 is 23.2 Å². The molecule has 0 atom stereocenters. The lowest BCUT2D eigenvalue weighted by molar-refractivity contribution is -0.275. The minimum absolute atomic E-state index is 0.278. The number of halogens is 8. The Morgan fingerprint density at radius 2 is 1.72 bits per heavy atom. The molecule has 102 valence electrons. The zero-order valence-electron chi connectivity index (χ0n) is 8.16. The number of ether oxygens (including phenoxy) is 1. The number of nitrogens with zero attached hydrogens (tertiary/aromatic N) is 1. The molecule has 2 nitrogen and oxygen atoms in total. The number of pyridine rings is 1. The molecule has 0 saturated heterocycles. The van der Waals surface area contributed by atoms with Crippen LogP contribution in [0.4, 0.5) is 26.3 Å². The van der Waals surface area contributed by atoms with Gasteiger partial charge in [-0.25, -0.2) is 4.98 Å². The Morgan fingerprint density at radius 1 is 1.17 bits per heavy atom. The van der Waals surface area contributed by atoms with Gasteiger partial charge in [-0.1, -0.05) is 11.6 Å². The molecule has 1 aromatic rings. The van der Waals surface area contributed by atoms with E-state index >= 15 is 0 Å². The largest absolute Gasteiger partial charge is 0.573 e. The Hall–Kier alpha value is -0.890. The SMILES string of the molecule is FC(F)(F)Oc1cnc(C(F)(F)F)c(Cl)c1CCl. The molecule has 1 rings (SSSR count). The molecule has 0 aromatic carbocycles. The molecular weight excluding hydrogens is 311 g/mol. The number of aromatic nitrogens is 1. The topological polar surface area (TPSA) is 22.1 Å². The first-order valence-corrected chi connectivity index (χ1v) is 5.03. The molecular formula is C8H3Cl2F6NO. The third-order valence-corrected chi connectivity index (χ3v) is 2.38. The van der Waals surface area contributed by atoms with Gasteiger partial charge in [-0.05, 0) is 0 Å². The highest BCUT2D eigenvalue weighted by molar-refractivity contribution is 6.33. The van der Waals surface area contributed by atoms with Gasteiger partial charge in [0.1, 0.15) is 0 Å². The zero-order valence-corrected chi connectivity index (χ0v) is 9.68. The molecule has 0 aliphatic carbocycles. The van der Waals surface area contributed by atoms with Gasteiger partial charge in [0.05, 0.1) is 17.1 Å². The van der Waals surface area contributed by atoms with Crippen LogP contribution in [-0.2, 0) is 12.1 Å². The number of rotatable bonds is 2. The highest BCUT2D eigenvalue weighted by Crippen LogP contribution is 2.39. The smallest absolute Gasteiger partial charge is 0.404 e. The second-order valence-electron chi connectivity index (χ2n) is 2.94. The summed E-state index contributed by atoms with van der Waals surface area (Å²) in [5, 5.41) is -1.01. The molecule has 0 fully saturated rings. The van der Waals surface area contributed by atoms with E-state index in [0.717, 1.165) is 0 Å². The van der Waals surface area contributed by atoms with E-state index in [-0.39, 0.29) is 6.20 Å². The van der Waals surface area contributed by atoms with Crippen molar-refractivity contribution in [1.29, 1.82) is 0 Å². The van der Waals surface area contributed by atoms with Crippen LogP contribution in [0.3, 0.4) is 0 Å². The van der Waals surface area contributed by atoms with Crippen molar-refractivity contribution in [3.8, 4) is 5.75 Å². The molecule has 1 aromatic heterocycles. The number of alkyl halides is 7. The summed E-state index contributed by atoms with van der Waals surface area (Å²) in [6.45, 7) is 0. The van der Waals surface area contributed by atoms with Crippen molar-refractivity contribution in [3.63, 3.8) is 0 Å². The Balaban J connectivity index is 3.30. The van der Waals surface area contributed by atoms with Gasteiger partial charge in [0, 0.05) is 5.56 Å². The van der Waals surface area contributed by atoms with Crippen molar-refractivity contribution in [2.24, 2.45) is 0 Å². The van der Waals surface area contributed by atoms with Gasteiger partial charge in [0.25, 0.3) is 0 Å². The zero-order chi connectivity index (χ0) is 14.1. The molecule has 0 spiro atoms.